The molecule has 0 radical (unpaired) electrons. The first-order valence-electron chi connectivity index (χ1n) is 6.48. The predicted molar refractivity (Wildman–Crippen MR) is 69.1 cm³/mol. The van der Waals surface area contributed by atoms with Crippen LogP contribution in [0, 0.1) is 5.92 Å². The van der Waals surface area contributed by atoms with Gasteiger partial charge in [-0.1, -0.05) is 0 Å². The molecular formula is C14H15NO4. The van der Waals surface area contributed by atoms with Gasteiger partial charge in [0.1, 0.15) is 0 Å². The lowest BCUT2D eigenvalue weighted by atomic mass is 9.82. The molecule has 0 spiro atoms. The molecular weight excluding hydrogens is 246 g/mol. The lowest BCUT2D eigenvalue weighted by molar-refractivity contribution is 0.0764. The summed E-state index contributed by atoms with van der Waals surface area (Å²) in [5.74, 6) is -0.482. The number of aliphatic hydroxyl groups excluding tert-OH is 1. The molecule has 0 aliphatic heterocycles. The van der Waals surface area contributed by atoms with Gasteiger partial charge in [-0.25, -0.2) is 4.79 Å². The number of Topliss-reactive ketones (excluding diaryl/α,β-unsaturated/α-hetero) is 1. The molecule has 1 fully saturated rings. The highest BCUT2D eigenvalue weighted by Gasteiger charge is 2.26. The first-order valence-corrected chi connectivity index (χ1v) is 6.48. The second kappa shape index (κ2) is 4.66. The molecule has 0 saturated heterocycles. The van der Waals surface area contributed by atoms with Gasteiger partial charge >= 0.3 is 5.76 Å². The normalized spacial score (nSPS) is 23.6. The van der Waals surface area contributed by atoms with Gasteiger partial charge in [-0.05, 0) is 43.9 Å². The fourth-order valence-corrected chi connectivity index (χ4v) is 2.67. The lowest BCUT2D eigenvalue weighted by Crippen LogP contribution is -2.24. The zero-order chi connectivity index (χ0) is 13.4. The number of oxazole rings is 1. The van der Waals surface area contributed by atoms with Crippen molar-refractivity contribution in [2.24, 2.45) is 5.92 Å². The van der Waals surface area contributed by atoms with Crippen molar-refractivity contribution >= 4 is 16.9 Å². The monoisotopic (exact) mass is 261 g/mol. The molecule has 0 bridgehead atoms. The molecule has 5 nitrogen and oxygen atoms in total. The maximum Gasteiger partial charge on any atom is 0.417 e. The van der Waals surface area contributed by atoms with Gasteiger partial charge in [0, 0.05) is 11.5 Å². The Kier molecular flexibility index (Phi) is 2.98. The minimum Gasteiger partial charge on any atom is -0.408 e. The van der Waals surface area contributed by atoms with Crippen molar-refractivity contribution in [2.75, 3.05) is 0 Å². The third-order valence-corrected chi connectivity index (χ3v) is 3.77. The van der Waals surface area contributed by atoms with E-state index in [1.807, 2.05) is 0 Å². The number of hydrogen-bond acceptors (Lipinski definition) is 4. The van der Waals surface area contributed by atoms with Crippen LogP contribution in [0.5, 0.6) is 0 Å². The van der Waals surface area contributed by atoms with Gasteiger partial charge < -0.3 is 9.52 Å². The van der Waals surface area contributed by atoms with E-state index in [0.29, 0.717) is 29.5 Å². The number of carbonyl (C=O) groups excluding carboxylic acids is 1. The smallest absolute Gasteiger partial charge is 0.408 e. The molecule has 1 heterocycles. The first kappa shape index (κ1) is 12.2. The number of aromatic nitrogens is 1. The molecule has 0 amide bonds. The largest absolute Gasteiger partial charge is 0.417 e. The summed E-state index contributed by atoms with van der Waals surface area (Å²) in [5, 5.41) is 9.46. The molecule has 1 aromatic carbocycles. The summed E-state index contributed by atoms with van der Waals surface area (Å²) in [4.78, 5) is 26.0. The average Bonchev–Trinajstić information content (AvgIpc) is 2.77. The fourth-order valence-electron chi connectivity index (χ4n) is 2.67. The van der Waals surface area contributed by atoms with Gasteiger partial charge in [0.2, 0.25) is 0 Å². The summed E-state index contributed by atoms with van der Waals surface area (Å²) in [7, 11) is 0. The number of ketones is 1. The Bertz CT molecular complexity index is 661. The van der Waals surface area contributed by atoms with Crippen molar-refractivity contribution in [3.8, 4) is 0 Å². The average molecular weight is 261 g/mol. The summed E-state index contributed by atoms with van der Waals surface area (Å²) in [6, 6.07) is 5.01. The van der Waals surface area contributed by atoms with Crippen LogP contribution in [0.2, 0.25) is 0 Å². The molecule has 5 heteroatoms. The number of hydrogen-bond donors (Lipinski definition) is 2. The van der Waals surface area contributed by atoms with Gasteiger partial charge in [-0.2, -0.15) is 0 Å². The highest BCUT2D eigenvalue weighted by molar-refractivity contribution is 6.00. The van der Waals surface area contributed by atoms with Crippen molar-refractivity contribution in [2.45, 2.75) is 31.8 Å². The number of rotatable bonds is 2. The summed E-state index contributed by atoms with van der Waals surface area (Å²) in [6.45, 7) is 0. The molecule has 0 unspecified atom stereocenters. The second-order valence-electron chi connectivity index (χ2n) is 5.10. The number of fused-ring (bicyclic) bond motifs is 1. The molecule has 1 saturated carbocycles. The molecule has 2 aromatic rings. The molecule has 1 aliphatic carbocycles. The van der Waals surface area contributed by atoms with Crippen LogP contribution in [0.25, 0.3) is 11.1 Å². The van der Waals surface area contributed by atoms with Gasteiger partial charge in [-0.15, -0.1) is 0 Å². The quantitative estimate of drug-likeness (QED) is 0.808. The first-order chi connectivity index (χ1) is 9.13. The Morgan fingerprint density at radius 1 is 1.26 bits per heavy atom. The standard InChI is InChI=1S/C14H15NO4/c16-10-4-1-8(2-5-10)13(17)9-3-6-11-12(7-9)19-14(18)15-11/h3,6-8,10,16H,1-2,4-5H2,(H,15,18). The summed E-state index contributed by atoms with van der Waals surface area (Å²) >= 11 is 0. The highest BCUT2D eigenvalue weighted by Crippen LogP contribution is 2.28. The van der Waals surface area contributed by atoms with Crippen LogP contribution in [0.4, 0.5) is 0 Å². The van der Waals surface area contributed by atoms with Crippen molar-refractivity contribution in [3.05, 3.63) is 34.3 Å². The highest BCUT2D eigenvalue weighted by atomic mass is 16.4. The van der Waals surface area contributed by atoms with Crippen LogP contribution in [-0.4, -0.2) is 22.0 Å². The van der Waals surface area contributed by atoms with Crippen molar-refractivity contribution < 1.29 is 14.3 Å². The Morgan fingerprint density at radius 2 is 2.00 bits per heavy atom. The zero-order valence-corrected chi connectivity index (χ0v) is 10.4. The number of nitrogens with one attached hydrogen (secondary N) is 1. The Balaban J connectivity index is 1.86. The molecule has 2 N–H and O–H groups in total. The molecule has 0 atom stereocenters. The van der Waals surface area contributed by atoms with E-state index in [4.69, 9.17) is 4.42 Å². The molecule has 19 heavy (non-hydrogen) atoms. The van der Waals surface area contributed by atoms with Crippen LogP contribution >= 0.6 is 0 Å². The maximum absolute atomic E-state index is 12.3. The minimum absolute atomic E-state index is 0.0356. The van der Waals surface area contributed by atoms with Crippen molar-refractivity contribution in [1.29, 1.82) is 0 Å². The number of carbonyl (C=O) groups is 1. The Labute approximate surface area is 109 Å². The van der Waals surface area contributed by atoms with E-state index >= 15 is 0 Å². The number of H-pyrrole nitrogens is 1. The molecule has 100 valence electrons. The third-order valence-electron chi connectivity index (χ3n) is 3.77. The summed E-state index contributed by atoms with van der Waals surface area (Å²) < 4.78 is 4.96. The number of benzene rings is 1. The van der Waals surface area contributed by atoms with E-state index in [0.717, 1.165) is 12.8 Å². The van der Waals surface area contributed by atoms with Crippen LogP contribution in [0.3, 0.4) is 0 Å². The SMILES string of the molecule is O=C(c1ccc2[nH]c(=O)oc2c1)C1CCC(O)CC1. The van der Waals surface area contributed by atoms with Crippen LogP contribution in [0.1, 0.15) is 36.0 Å². The van der Waals surface area contributed by atoms with Crippen molar-refractivity contribution in [3.63, 3.8) is 0 Å². The zero-order valence-electron chi connectivity index (χ0n) is 10.4. The number of aromatic amines is 1. The molecule has 3 rings (SSSR count). The summed E-state index contributed by atoms with van der Waals surface area (Å²) in [5.41, 5.74) is 1.57. The van der Waals surface area contributed by atoms with Gasteiger partial charge in [-0.3, -0.25) is 9.78 Å². The Hall–Kier alpha value is -1.88. The fraction of sp³-hybridized carbons (Fsp3) is 0.429. The lowest BCUT2D eigenvalue weighted by Gasteiger charge is -2.24. The molecule has 1 aliphatic rings. The van der Waals surface area contributed by atoms with Crippen LogP contribution < -0.4 is 5.76 Å². The Morgan fingerprint density at radius 3 is 2.74 bits per heavy atom. The third kappa shape index (κ3) is 2.33. The summed E-state index contributed by atoms with van der Waals surface area (Å²) in [6.07, 6.45) is 2.52. The van der Waals surface area contributed by atoms with E-state index in [1.165, 1.54) is 0 Å². The van der Waals surface area contributed by atoms with E-state index in [2.05, 4.69) is 4.98 Å². The van der Waals surface area contributed by atoms with E-state index in [9.17, 15) is 14.7 Å². The van der Waals surface area contributed by atoms with Gasteiger partial charge in [0.15, 0.2) is 11.4 Å². The van der Waals surface area contributed by atoms with Gasteiger partial charge in [0.25, 0.3) is 0 Å². The predicted octanol–water partition coefficient (Wildman–Crippen LogP) is 1.85. The van der Waals surface area contributed by atoms with E-state index in [-0.39, 0.29) is 17.8 Å². The number of aliphatic hydroxyl groups is 1. The minimum atomic E-state index is -0.514. The maximum atomic E-state index is 12.3. The van der Waals surface area contributed by atoms with Gasteiger partial charge in [0.05, 0.1) is 11.6 Å². The van der Waals surface area contributed by atoms with Crippen LogP contribution in [0.15, 0.2) is 27.4 Å². The molecule has 1 aromatic heterocycles. The topological polar surface area (TPSA) is 83.3 Å². The second-order valence-corrected chi connectivity index (χ2v) is 5.10. The van der Waals surface area contributed by atoms with E-state index < -0.39 is 5.76 Å². The van der Waals surface area contributed by atoms with Crippen molar-refractivity contribution in [1.82, 2.24) is 4.98 Å². The van der Waals surface area contributed by atoms with Crippen LogP contribution in [-0.2, 0) is 0 Å². The van der Waals surface area contributed by atoms with E-state index in [1.54, 1.807) is 18.2 Å².